The van der Waals surface area contributed by atoms with Gasteiger partial charge >= 0.3 is 0 Å². The quantitative estimate of drug-likeness (QED) is 0.813. The molecule has 1 fully saturated rings. The lowest BCUT2D eigenvalue weighted by atomic mass is 9.98. The summed E-state index contributed by atoms with van der Waals surface area (Å²) in [4.78, 5) is 26.4. The van der Waals surface area contributed by atoms with E-state index in [0.29, 0.717) is 12.8 Å². The van der Waals surface area contributed by atoms with Gasteiger partial charge in [-0.3, -0.25) is 14.5 Å². The van der Waals surface area contributed by atoms with Gasteiger partial charge in [0.1, 0.15) is 0 Å². The van der Waals surface area contributed by atoms with Crippen LogP contribution < -0.4 is 4.90 Å². The van der Waals surface area contributed by atoms with Gasteiger partial charge in [-0.25, -0.2) is 0 Å². The number of imide groups is 1. The molecular formula is C19H19NO2. The summed E-state index contributed by atoms with van der Waals surface area (Å²) in [5, 5.41) is 0. The van der Waals surface area contributed by atoms with Crippen molar-refractivity contribution < 1.29 is 9.59 Å². The highest BCUT2D eigenvalue weighted by Crippen LogP contribution is 2.31. The third kappa shape index (κ3) is 2.67. The third-order valence-corrected chi connectivity index (χ3v) is 4.16. The lowest BCUT2D eigenvalue weighted by Gasteiger charge is -2.18. The van der Waals surface area contributed by atoms with Gasteiger partial charge in [-0.15, -0.1) is 0 Å². The van der Waals surface area contributed by atoms with E-state index >= 15 is 0 Å². The lowest BCUT2D eigenvalue weighted by Crippen LogP contribution is -2.31. The highest BCUT2D eigenvalue weighted by Gasteiger charge is 2.39. The summed E-state index contributed by atoms with van der Waals surface area (Å²) in [5.41, 5.74) is 3.90. The van der Waals surface area contributed by atoms with Crippen LogP contribution in [0.1, 0.15) is 23.1 Å². The van der Waals surface area contributed by atoms with Gasteiger partial charge in [0.2, 0.25) is 11.8 Å². The summed E-state index contributed by atoms with van der Waals surface area (Å²) in [6.07, 6.45) is 0.911. The summed E-state index contributed by atoms with van der Waals surface area (Å²) in [7, 11) is 0. The van der Waals surface area contributed by atoms with Crippen LogP contribution in [0.25, 0.3) is 0 Å². The first-order valence-electron chi connectivity index (χ1n) is 7.54. The van der Waals surface area contributed by atoms with Crippen LogP contribution in [0.2, 0.25) is 0 Å². The van der Waals surface area contributed by atoms with E-state index in [0.717, 1.165) is 22.4 Å². The number of benzene rings is 2. The minimum Gasteiger partial charge on any atom is -0.274 e. The molecule has 3 rings (SSSR count). The first kappa shape index (κ1) is 14.5. The molecule has 2 aromatic rings. The third-order valence-electron chi connectivity index (χ3n) is 4.16. The SMILES string of the molecule is Cc1ccc(N2C(=O)C[C@H](Cc3ccccc3)C2=O)c(C)c1. The normalized spacial score (nSPS) is 18.1. The number of amides is 2. The molecule has 0 N–H and O–H groups in total. The van der Waals surface area contributed by atoms with Crippen molar-refractivity contribution in [2.24, 2.45) is 5.92 Å². The average molecular weight is 293 g/mol. The second-order valence-electron chi connectivity index (χ2n) is 5.95. The Morgan fingerprint density at radius 1 is 1.05 bits per heavy atom. The van der Waals surface area contributed by atoms with Gasteiger partial charge < -0.3 is 0 Å². The Morgan fingerprint density at radius 2 is 1.77 bits per heavy atom. The van der Waals surface area contributed by atoms with Gasteiger partial charge in [-0.05, 0) is 37.5 Å². The van der Waals surface area contributed by atoms with E-state index < -0.39 is 0 Å². The average Bonchev–Trinajstić information content (AvgIpc) is 2.75. The molecule has 1 heterocycles. The molecule has 0 saturated carbocycles. The smallest absolute Gasteiger partial charge is 0.237 e. The van der Waals surface area contributed by atoms with Crippen LogP contribution in [0.3, 0.4) is 0 Å². The lowest BCUT2D eigenvalue weighted by molar-refractivity contribution is -0.122. The maximum atomic E-state index is 12.7. The van der Waals surface area contributed by atoms with Crippen molar-refractivity contribution in [2.45, 2.75) is 26.7 Å². The molecule has 0 radical (unpaired) electrons. The van der Waals surface area contributed by atoms with E-state index in [1.54, 1.807) is 0 Å². The maximum absolute atomic E-state index is 12.7. The predicted molar refractivity (Wildman–Crippen MR) is 86.7 cm³/mol. The Balaban J connectivity index is 1.85. The van der Waals surface area contributed by atoms with Crippen LogP contribution in [0.15, 0.2) is 48.5 Å². The van der Waals surface area contributed by atoms with Gasteiger partial charge in [0.25, 0.3) is 0 Å². The fourth-order valence-electron chi connectivity index (χ4n) is 3.06. The van der Waals surface area contributed by atoms with Crippen LogP contribution >= 0.6 is 0 Å². The first-order valence-corrected chi connectivity index (χ1v) is 7.54. The molecule has 1 saturated heterocycles. The molecule has 2 amide bonds. The van der Waals surface area contributed by atoms with Crippen LogP contribution in [0.5, 0.6) is 0 Å². The molecule has 3 heteroatoms. The van der Waals surface area contributed by atoms with E-state index in [2.05, 4.69) is 0 Å². The fraction of sp³-hybridized carbons (Fsp3) is 0.263. The molecule has 1 aliphatic heterocycles. The van der Waals surface area contributed by atoms with Crippen molar-refractivity contribution >= 4 is 17.5 Å². The van der Waals surface area contributed by atoms with Crippen molar-refractivity contribution in [1.82, 2.24) is 0 Å². The highest BCUT2D eigenvalue weighted by molar-refractivity contribution is 6.21. The van der Waals surface area contributed by atoms with Crippen LogP contribution in [0.4, 0.5) is 5.69 Å². The molecule has 0 aliphatic carbocycles. The molecule has 0 aromatic heterocycles. The summed E-state index contributed by atoms with van der Waals surface area (Å²) < 4.78 is 0. The summed E-state index contributed by atoms with van der Waals surface area (Å²) >= 11 is 0. The van der Waals surface area contributed by atoms with Gasteiger partial charge in [-0.2, -0.15) is 0 Å². The van der Waals surface area contributed by atoms with E-state index in [9.17, 15) is 9.59 Å². The van der Waals surface area contributed by atoms with Crippen LogP contribution in [-0.2, 0) is 16.0 Å². The van der Waals surface area contributed by atoms with Gasteiger partial charge in [0.05, 0.1) is 11.6 Å². The number of anilines is 1. The molecule has 22 heavy (non-hydrogen) atoms. The molecule has 1 aliphatic rings. The first-order chi connectivity index (χ1) is 10.6. The Kier molecular flexibility index (Phi) is 3.80. The number of rotatable bonds is 3. The Morgan fingerprint density at radius 3 is 2.45 bits per heavy atom. The Labute approximate surface area is 130 Å². The number of nitrogens with zero attached hydrogens (tertiary/aromatic N) is 1. The predicted octanol–water partition coefficient (Wildman–Crippen LogP) is 3.43. The monoisotopic (exact) mass is 293 g/mol. The number of aryl methyl sites for hydroxylation is 2. The largest absolute Gasteiger partial charge is 0.274 e. The number of carbonyl (C=O) groups is 2. The summed E-state index contributed by atoms with van der Waals surface area (Å²) in [6, 6.07) is 15.7. The number of hydrogen-bond donors (Lipinski definition) is 0. The Bertz CT molecular complexity index is 721. The van der Waals surface area contributed by atoms with Crippen LogP contribution in [-0.4, -0.2) is 11.8 Å². The van der Waals surface area contributed by atoms with Crippen molar-refractivity contribution in [3.05, 3.63) is 65.2 Å². The van der Waals surface area contributed by atoms with Gasteiger partial charge in [-0.1, -0.05) is 48.0 Å². The van der Waals surface area contributed by atoms with Gasteiger partial charge in [0.15, 0.2) is 0 Å². The highest BCUT2D eigenvalue weighted by atomic mass is 16.2. The van der Waals surface area contributed by atoms with Gasteiger partial charge in [0, 0.05) is 6.42 Å². The number of hydrogen-bond acceptors (Lipinski definition) is 2. The molecule has 0 bridgehead atoms. The topological polar surface area (TPSA) is 37.4 Å². The number of carbonyl (C=O) groups excluding carboxylic acids is 2. The van der Waals surface area contributed by atoms with Crippen molar-refractivity contribution in [3.63, 3.8) is 0 Å². The standard InChI is InChI=1S/C19H19NO2/c1-13-8-9-17(14(2)10-13)20-18(21)12-16(19(20)22)11-15-6-4-3-5-7-15/h3-10,16H,11-12H2,1-2H3/t16-/m0/s1. The van der Waals surface area contributed by atoms with Crippen molar-refractivity contribution in [1.29, 1.82) is 0 Å². The van der Waals surface area contributed by atoms with E-state index in [4.69, 9.17) is 0 Å². The summed E-state index contributed by atoms with van der Waals surface area (Å²) in [5.74, 6) is -0.436. The zero-order chi connectivity index (χ0) is 15.7. The van der Waals surface area contributed by atoms with E-state index in [1.807, 2.05) is 62.4 Å². The van der Waals surface area contributed by atoms with Crippen molar-refractivity contribution in [3.8, 4) is 0 Å². The summed E-state index contributed by atoms with van der Waals surface area (Å²) in [6.45, 7) is 3.94. The molecular weight excluding hydrogens is 274 g/mol. The Hall–Kier alpha value is -2.42. The molecule has 2 aromatic carbocycles. The fourth-order valence-corrected chi connectivity index (χ4v) is 3.06. The second-order valence-corrected chi connectivity index (χ2v) is 5.95. The molecule has 0 unspecified atom stereocenters. The zero-order valence-electron chi connectivity index (χ0n) is 12.9. The van der Waals surface area contributed by atoms with Crippen LogP contribution in [0, 0.1) is 19.8 Å². The molecule has 0 spiro atoms. The maximum Gasteiger partial charge on any atom is 0.237 e. The minimum absolute atomic E-state index is 0.0826. The molecule has 112 valence electrons. The molecule has 3 nitrogen and oxygen atoms in total. The zero-order valence-corrected chi connectivity index (χ0v) is 12.9. The minimum atomic E-state index is -0.254. The van der Waals surface area contributed by atoms with Crippen molar-refractivity contribution in [2.75, 3.05) is 4.90 Å². The second kappa shape index (κ2) is 5.76. The van der Waals surface area contributed by atoms with E-state index in [-0.39, 0.29) is 17.7 Å². The molecule has 1 atom stereocenters. The van der Waals surface area contributed by atoms with E-state index in [1.165, 1.54) is 4.90 Å².